The van der Waals surface area contributed by atoms with Crippen LogP contribution in [0.15, 0.2) is 12.1 Å². The smallest absolute Gasteiger partial charge is 0.254 e. The van der Waals surface area contributed by atoms with Gasteiger partial charge in [0.25, 0.3) is 5.91 Å². The van der Waals surface area contributed by atoms with E-state index >= 15 is 0 Å². The maximum absolute atomic E-state index is 12.7. The van der Waals surface area contributed by atoms with Gasteiger partial charge >= 0.3 is 0 Å². The molecule has 0 spiro atoms. The average Bonchev–Trinajstić information content (AvgIpc) is 2.49. The number of hydrogen-bond acceptors (Lipinski definition) is 4. The first-order valence-corrected chi connectivity index (χ1v) is 7.45. The van der Waals surface area contributed by atoms with E-state index < -0.39 is 0 Å². The summed E-state index contributed by atoms with van der Waals surface area (Å²) in [4.78, 5) is 14.5. The molecule has 0 radical (unpaired) electrons. The van der Waals surface area contributed by atoms with Gasteiger partial charge in [-0.2, -0.15) is 0 Å². The van der Waals surface area contributed by atoms with Crippen molar-refractivity contribution in [3.63, 3.8) is 0 Å². The first-order valence-electron chi connectivity index (χ1n) is 7.08. The Labute approximate surface area is 128 Å². The Morgan fingerprint density at radius 3 is 2.86 bits per heavy atom. The van der Waals surface area contributed by atoms with E-state index in [1.807, 2.05) is 18.7 Å². The summed E-state index contributed by atoms with van der Waals surface area (Å²) in [5.74, 6) is 0.991. The van der Waals surface area contributed by atoms with Crippen molar-refractivity contribution >= 4 is 17.5 Å². The number of morpholine rings is 1. The predicted octanol–water partition coefficient (Wildman–Crippen LogP) is 2.36. The van der Waals surface area contributed by atoms with Gasteiger partial charge in [-0.3, -0.25) is 4.79 Å². The molecule has 2 aliphatic heterocycles. The number of halogens is 1. The quantitative estimate of drug-likeness (QED) is 0.799. The number of carbonyl (C=O) groups excluding carboxylic acids is 1. The lowest BCUT2D eigenvalue weighted by Gasteiger charge is -2.37. The zero-order valence-electron chi connectivity index (χ0n) is 12.1. The van der Waals surface area contributed by atoms with Crippen LogP contribution in [0.3, 0.4) is 0 Å². The van der Waals surface area contributed by atoms with Crippen LogP contribution < -0.4 is 9.47 Å². The third-order valence-electron chi connectivity index (χ3n) is 3.71. The number of amides is 1. The van der Waals surface area contributed by atoms with Crippen molar-refractivity contribution in [2.45, 2.75) is 26.0 Å². The molecule has 0 aromatic heterocycles. The van der Waals surface area contributed by atoms with Crippen LogP contribution in [0.4, 0.5) is 0 Å². The SMILES string of the molecule is C[C@H]1CN(C(=O)c2cc(Cl)c3c(c2)OCCO3)[C@@H](C)CO1. The molecule has 0 bridgehead atoms. The second kappa shape index (κ2) is 5.73. The van der Waals surface area contributed by atoms with Gasteiger partial charge in [0.05, 0.1) is 23.8 Å². The van der Waals surface area contributed by atoms with Crippen molar-refractivity contribution in [1.29, 1.82) is 0 Å². The van der Waals surface area contributed by atoms with Gasteiger partial charge in [-0.25, -0.2) is 0 Å². The van der Waals surface area contributed by atoms with E-state index in [1.165, 1.54) is 0 Å². The molecular formula is C15H18ClNO4. The maximum Gasteiger partial charge on any atom is 0.254 e. The van der Waals surface area contributed by atoms with E-state index in [2.05, 4.69) is 0 Å². The number of ether oxygens (including phenoxy) is 3. The molecule has 114 valence electrons. The lowest BCUT2D eigenvalue weighted by atomic mass is 10.1. The Kier molecular flexibility index (Phi) is 3.95. The molecule has 1 aromatic rings. The van der Waals surface area contributed by atoms with Crippen molar-refractivity contribution in [3.8, 4) is 11.5 Å². The van der Waals surface area contributed by atoms with Crippen LogP contribution in [0, 0.1) is 0 Å². The molecule has 0 unspecified atom stereocenters. The summed E-state index contributed by atoms with van der Waals surface area (Å²) in [5, 5.41) is 0.407. The predicted molar refractivity (Wildman–Crippen MR) is 78.4 cm³/mol. The summed E-state index contributed by atoms with van der Waals surface area (Å²) in [6, 6.07) is 3.39. The third-order valence-corrected chi connectivity index (χ3v) is 3.99. The van der Waals surface area contributed by atoms with Crippen LogP contribution in [0.2, 0.25) is 5.02 Å². The average molecular weight is 312 g/mol. The number of fused-ring (bicyclic) bond motifs is 1. The second-order valence-corrected chi connectivity index (χ2v) is 5.84. The van der Waals surface area contributed by atoms with Crippen LogP contribution in [0.25, 0.3) is 0 Å². The van der Waals surface area contributed by atoms with Gasteiger partial charge in [-0.15, -0.1) is 0 Å². The molecular weight excluding hydrogens is 294 g/mol. The summed E-state index contributed by atoms with van der Waals surface area (Å²) < 4.78 is 16.6. The zero-order chi connectivity index (χ0) is 15.0. The number of carbonyl (C=O) groups is 1. The Balaban J connectivity index is 1.89. The van der Waals surface area contributed by atoms with Crippen LogP contribution >= 0.6 is 11.6 Å². The third kappa shape index (κ3) is 2.80. The number of hydrogen-bond donors (Lipinski definition) is 0. The minimum Gasteiger partial charge on any atom is -0.486 e. The lowest BCUT2D eigenvalue weighted by molar-refractivity contribution is -0.0387. The van der Waals surface area contributed by atoms with Gasteiger partial charge in [0.2, 0.25) is 0 Å². The van der Waals surface area contributed by atoms with Gasteiger partial charge in [0.15, 0.2) is 11.5 Å². The highest BCUT2D eigenvalue weighted by Crippen LogP contribution is 2.38. The molecule has 3 rings (SSSR count). The van der Waals surface area contributed by atoms with Crippen molar-refractivity contribution in [3.05, 3.63) is 22.7 Å². The number of nitrogens with zero attached hydrogens (tertiary/aromatic N) is 1. The minimum atomic E-state index is -0.0588. The largest absolute Gasteiger partial charge is 0.486 e. The van der Waals surface area contributed by atoms with E-state index in [4.69, 9.17) is 25.8 Å². The Morgan fingerprint density at radius 2 is 2.05 bits per heavy atom. The highest BCUT2D eigenvalue weighted by molar-refractivity contribution is 6.32. The summed E-state index contributed by atoms with van der Waals surface area (Å²) in [7, 11) is 0. The van der Waals surface area contributed by atoms with Crippen LogP contribution in [-0.4, -0.2) is 49.3 Å². The van der Waals surface area contributed by atoms with Gasteiger partial charge in [-0.1, -0.05) is 11.6 Å². The number of benzene rings is 1. The van der Waals surface area contributed by atoms with E-state index in [9.17, 15) is 4.79 Å². The molecule has 0 N–H and O–H groups in total. The fourth-order valence-corrected chi connectivity index (χ4v) is 2.85. The van der Waals surface area contributed by atoms with Crippen molar-refractivity contribution in [2.24, 2.45) is 0 Å². The Hall–Kier alpha value is -1.46. The zero-order valence-corrected chi connectivity index (χ0v) is 12.9. The lowest BCUT2D eigenvalue weighted by Crippen LogP contribution is -2.50. The molecule has 2 atom stereocenters. The minimum absolute atomic E-state index is 0.0397. The Morgan fingerprint density at radius 1 is 1.29 bits per heavy atom. The van der Waals surface area contributed by atoms with Crippen LogP contribution in [0.5, 0.6) is 11.5 Å². The molecule has 1 saturated heterocycles. The summed E-state index contributed by atoms with van der Waals surface area (Å²) in [6.07, 6.45) is 0.0397. The molecule has 5 nitrogen and oxygen atoms in total. The molecule has 21 heavy (non-hydrogen) atoms. The van der Waals surface area contributed by atoms with Gasteiger partial charge < -0.3 is 19.1 Å². The topological polar surface area (TPSA) is 48.0 Å². The van der Waals surface area contributed by atoms with Gasteiger partial charge in [0, 0.05) is 12.1 Å². The monoisotopic (exact) mass is 311 g/mol. The van der Waals surface area contributed by atoms with Gasteiger partial charge in [-0.05, 0) is 26.0 Å². The molecule has 2 aliphatic rings. The summed E-state index contributed by atoms with van der Waals surface area (Å²) in [6.45, 7) is 5.99. The molecule has 0 aliphatic carbocycles. The normalized spacial score (nSPS) is 24.8. The first kappa shape index (κ1) is 14.5. The number of rotatable bonds is 1. The van der Waals surface area contributed by atoms with Crippen molar-refractivity contribution in [1.82, 2.24) is 4.90 Å². The summed E-state index contributed by atoms with van der Waals surface area (Å²) in [5.41, 5.74) is 0.519. The second-order valence-electron chi connectivity index (χ2n) is 5.43. The van der Waals surface area contributed by atoms with Crippen LogP contribution in [-0.2, 0) is 4.74 Å². The van der Waals surface area contributed by atoms with Gasteiger partial charge in [0.1, 0.15) is 13.2 Å². The fourth-order valence-electron chi connectivity index (χ4n) is 2.59. The Bertz CT molecular complexity index is 563. The molecule has 1 fully saturated rings. The van der Waals surface area contributed by atoms with Crippen molar-refractivity contribution < 1.29 is 19.0 Å². The van der Waals surface area contributed by atoms with E-state index in [-0.39, 0.29) is 18.1 Å². The summed E-state index contributed by atoms with van der Waals surface area (Å²) >= 11 is 6.19. The maximum atomic E-state index is 12.7. The van der Waals surface area contributed by atoms with E-state index in [1.54, 1.807) is 12.1 Å². The fraction of sp³-hybridized carbons (Fsp3) is 0.533. The highest BCUT2D eigenvalue weighted by atomic mass is 35.5. The van der Waals surface area contributed by atoms with E-state index in [0.717, 1.165) is 0 Å². The molecule has 2 heterocycles. The molecule has 1 aromatic carbocycles. The standard InChI is InChI=1S/C15H18ClNO4/c1-9-8-21-10(2)7-17(9)15(18)11-5-12(16)14-13(6-11)19-3-4-20-14/h5-6,9-10H,3-4,7-8H2,1-2H3/t9-,10-/m0/s1. The van der Waals surface area contributed by atoms with Crippen LogP contribution in [0.1, 0.15) is 24.2 Å². The van der Waals surface area contributed by atoms with Crippen molar-refractivity contribution in [2.75, 3.05) is 26.4 Å². The van der Waals surface area contributed by atoms with E-state index in [0.29, 0.717) is 48.5 Å². The molecule has 6 heteroatoms. The first-order chi connectivity index (χ1) is 10.1. The highest BCUT2D eigenvalue weighted by Gasteiger charge is 2.29. The molecule has 0 saturated carbocycles. The molecule has 1 amide bonds.